The van der Waals surface area contributed by atoms with E-state index in [1.54, 1.807) is 19.1 Å². The van der Waals surface area contributed by atoms with Gasteiger partial charge in [-0.2, -0.15) is 0 Å². The number of carbonyl (C=O) groups excluding carboxylic acids is 1. The molecule has 108 valence electrons. The Balaban J connectivity index is 1.76. The summed E-state index contributed by atoms with van der Waals surface area (Å²) in [6.07, 6.45) is -0.0261. The lowest BCUT2D eigenvalue weighted by Gasteiger charge is -2.15. The summed E-state index contributed by atoms with van der Waals surface area (Å²) in [4.78, 5) is 22.3. The fourth-order valence-electron chi connectivity index (χ4n) is 1.93. The van der Waals surface area contributed by atoms with Crippen molar-refractivity contribution in [1.29, 1.82) is 0 Å². The largest absolute Gasteiger partial charge is 0.486 e. The van der Waals surface area contributed by atoms with Crippen LogP contribution in [0.15, 0.2) is 24.3 Å². The Morgan fingerprint density at radius 3 is 2.75 bits per heavy atom. The number of amides is 1. The molecule has 1 aromatic rings. The van der Waals surface area contributed by atoms with Crippen LogP contribution in [0.1, 0.15) is 13.3 Å². The minimum atomic E-state index is -0.944. The minimum absolute atomic E-state index is 0.129. The molecule has 5 nitrogen and oxygen atoms in total. The van der Waals surface area contributed by atoms with Crippen molar-refractivity contribution < 1.29 is 23.8 Å². The van der Waals surface area contributed by atoms with Gasteiger partial charge in [-0.05, 0) is 25.5 Å². The number of carboxylic acids is 1. The van der Waals surface area contributed by atoms with Crippen molar-refractivity contribution in [2.24, 2.45) is 11.8 Å². The van der Waals surface area contributed by atoms with Crippen LogP contribution < -0.4 is 10.1 Å². The summed E-state index contributed by atoms with van der Waals surface area (Å²) in [5, 5.41) is 11.3. The molecule has 2 rings (SSSR count). The first kappa shape index (κ1) is 14.3. The maximum atomic E-state index is 13.3. The van der Waals surface area contributed by atoms with Crippen LogP contribution in [-0.2, 0) is 9.59 Å². The van der Waals surface area contributed by atoms with Crippen molar-refractivity contribution in [3.8, 4) is 5.75 Å². The molecule has 0 radical (unpaired) electrons. The zero-order valence-electron chi connectivity index (χ0n) is 11.0. The Kier molecular flexibility index (Phi) is 4.22. The van der Waals surface area contributed by atoms with Crippen LogP contribution >= 0.6 is 0 Å². The van der Waals surface area contributed by atoms with E-state index in [1.165, 1.54) is 12.1 Å². The van der Waals surface area contributed by atoms with Gasteiger partial charge in [-0.3, -0.25) is 9.59 Å². The van der Waals surface area contributed by atoms with Gasteiger partial charge in [-0.1, -0.05) is 12.1 Å². The van der Waals surface area contributed by atoms with Crippen LogP contribution in [0.5, 0.6) is 5.75 Å². The fourth-order valence-corrected chi connectivity index (χ4v) is 1.93. The number of hydrogen-bond donors (Lipinski definition) is 2. The third-order valence-electron chi connectivity index (χ3n) is 3.17. The zero-order valence-corrected chi connectivity index (χ0v) is 11.0. The highest BCUT2D eigenvalue weighted by Gasteiger charge is 2.48. The number of para-hydroxylation sites is 1. The molecular formula is C14H16FNO4. The fraction of sp³-hybridized carbons (Fsp3) is 0.429. The number of carbonyl (C=O) groups is 2. The zero-order chi connectivity index (χ0) is 14.7. The average molecular weight is 281 g/mol. The molecule has 0 saturated heterocycles. The van der Waals surface area contributed by atoms with Gasteiger partial charge in [0.05, 0.1) is 18.4 Å². The van der Waals surface area contributed by atoms with Gasteiger partial charge < -0.3 is 15.2 Å². The molecule has 6 heteroatoms. The van der Waals surface area contributed by atoms with E-state index >= 15 is 0 Å². The van der Waals surface area contributed by atoms with E-state index in [4.69, 9.17) is 9.84 Å². The molecular weight excluding hydrogens is 265 g/mol. The molecule has 0 bridgehead atoms. The lowest BCUT2D eigenvalue weighted by Crippen LogP contribution is -2.35. The summed E-state index contributed by atoms with van der Waals surface area (Å²) in [6.45, 7) is 1.91. The van der Waals surface area contributed by atoms with Gasteiger partial charge in [0.1, 0.15) is 6.10 Å². The number of nitrogens with one attached hydrogen (secondary N) is 1. The van der Waals surface area contributed by atoms with Crippen LogP contribution in [0.2, 0.25) is 0 Å². The number of halogens is 1. The molecule has 1 aliphatic carbocycles. The van der Waals surface area contributed by atoms with E-state index < -0.39 is 29.7 Å². The van der Waals surface area contributed by atoms with Gasteiger partial charge >= 0.3 is 5.97 Å². The van der Waals surface area contributed by atoms with Crippen LogP contribution in [0, 0.1) is 17.7 Å². The first-order chi connectivity index (χ1) is 9.49. The van der Waals surface area contributed by atoms with Gasteiger partial charge in [-0.15, -0.1) is 0 Å². The lowest BCUT2D eigenvalue weighted by atomic mass is 10.3. The molecule has 1 fully saturated rings. The average Bonchev–Trinajstić information content (AvgIpc) is 3.19. The summed E-state index contributed by atoms with van der Waals surface area (Å²) < 4.78 is 18.7. The molecule has 0 aliphatic heterocycles. The number of carboxylic acid groups (broad SMARTS) is 1. The van der Waals surface area contributed by atoms with Crippen LogP contribution in [0.4, 0.5) is 4.39 Å². The van der Waals surface area contributed by atoms with Crippen molar-refractivity contribution in [2.75, 3.05) is 6.54 Å². The Morgan fingerprint density at radius 1 is 1.45 bits per heavy atom. The topological polar surface area (TPSA) is 75.6 Å². The van der Waals surface area contributed by atoms with E-state index in [1.807, 2.05) is 0 Å². The Bertz CT molecular complexity index is 520. The van der Waals surface area contributed by atoms with Crippen LogP contribution in [0.3, 0.4) is 0 Å². The molecule has 0 aromatic heterocycles. The third-order valence-corrected chi connectivity index (χ3v) is 3.17. The highest BCUT2D eigenvalue weighted by atomic mass is 19.1. The molecule has 1 aliphatic rings. The second kappa shape index (κ2) is 5.90. The minimum Gasteiger partial charge on any atom is -0.486 e. The number of rotatable bonds is 6. The number of hydrogen-bond acceptors (Lipinski definition) is 3. The summed E-state index contributed by atoms with van der Waals surface area (Å²) in [6, 6.07) is 6.02. The van der Waals surface area contributed by atoms with Gasteiger partial charge in [0.2, 0.25) is 5.91 Å². The molecule has 3 atom stereocenters. The first-order valence-electron chi connectivity index (χ1n) is 6.40. The highest BCUT2D eigenvalue weighted by molar-refractivity contribution is 5.89. The van der Waals surface area contributed by atoms with Crippen molar-refractivity contribution in [2.45, 2.75) is 19.4 Å². The van der Waals surface area contributed by atoms with Crippen molar-refractivity contribution in [1.82, 2.24) is 5.32 Å². The molecule has 1 amide bonds. The van der Waals surface area contributed by atoms with Gasteiger partial charge in [0.25, 0.3) is 0 Å². The Morgan fingerprint density at radius 2 is 2.15 bits per heavy atom. The predicted molar refractivity (Wildman–Crippen MR) is 68.7 cm³/mol. The van der Waals surface area contributed by atoms with Gasteiger partial charge in [0, 0.05) is 0 Å². The lowest BCUT2D eigenvalue weighted by molar-refractivity contribution is -0.140. The summed E-state index contributed by atoms with van der Waals surface area (Å²) >= 11 is 0. The monoisotopic (exact) mass is 281 g/mol. The van der Waals surface area contributed by atoms with E-state index in [-0.39, 0.29) is 18.2 Å². The second-order valence-corrected chi connectivity index (χ2v) is 4.89. The standard InChI is InChI=1S/C14H16FNO4/c1-8(20-12-5-3-2-4-11(12)15)7-16-13(17)9-6-10(9)14(18)19/h2-5,8-10H,6-7H2,1H3,(H,16,17)(H,18,19)/t8-,9+,10-/m1/s1. The van der Waals surface area contributed by atoms with Crippen LogP contribution in [-0.4, -0.2) is 29.6 Å². The van der Waals surface area contributed by atoms with E-state index in [2.05, 4.69) is 5.32 Å². The predicted octanol–water partition coefficient (Wildman–Crippen LogP) is 1.43. The van der Waals surface area contributed by atoms with Crippen LogP contribution in [0.25, 0.3) is 0 Å². The quantitative estimate of drug-likeness (QED) is 0.827. The van der Waals surface area contributed by atoms with Crippen molar-refractivity contribution >= 4 is 11.9 Å². The molecule has 1 saturated carbocycles. The number of benzene rings is 1. The molecule has 20 heavy (non-hydrogen) atoms. The van der Waals surface area contributed by atoms with Gasteiger partial charge in [0.15, 0.2) is 11.6 Å². The summed E-state index contributed by atoms with van der Waals surface area (Å²) in [5.74, 6) is -2.59. The Labute approximate surface area is 115 Å². The third kappa shape index (κ3) is 3.46. The summed E-state index contributed by atoms with van der Waals surface area (Å²) in [5.41, 5.74) is 0. The smallest absolute Gasteiger partial charge is 0.307 e. The molecule has 0 unspecified atom stereocenters. The first-order valence-corrected chi connectivity index (χ1v) is 6.40. The summed E-state index contributed by atoms with van der Waals surface area (Å²) in [7, 11) is 0. The molecule has 0 heterocycles. The molecule has 2 N–H and O–H groups in total. The van der Waals surface area contributed by atoms with Crippen molar-refractivity contribution in [3.63, 3.8) is 0 Å². The highest BCUT2D eigenvalue weighted by Crippen LogP contribution is 2.38. The number of ether oxygens (including phenoxy) is 1. The van der Waals surface area contributed by atoms with E-state index in [0.717, 1.165) is 0 Å². The molecule has 1 aromatic carbocycles. The Hall–Kier alpha value is -2.11. The maximum Gasteiger partial charge on any atom is 0.307 e. The molecule has 0 spiro atoms. The van der Waals surface area contributed by atoms with Crippen molar-refractivity contribution in [3.05, 3.63) is 30.1 Å². The van der Waals surface area contributed by atoms with E-state index in [9.17, 15) is 14.0 Å². The van der Waals surface area contributed by atoms with Gasteiger partial charge in [-0.25, -0.2) is 4.39 Å². The normalized spacial score (nSPS) is 21.9. The second-order valence-electron chi connectivity index (χ2n) is 4.89. The van der Waals surface area contributed by atoms with E-state index in [0.29, 0.717) is 6.42 Å². The number of aliphatic carboxylic acids is 1. The SMILES string of the molecule is C[C@H](CNC(=O)[C@H]1C[C@H]1C(=O)O)Oc1ccccc1F. The maximum absolute atomic E-state index is 13.3.